The molecule has 1 aromatic rings. The van der Waals surface area contributed by atoms with Gasteiger partial charge in [-0.15, -0.1) is 5.10 Å². The molecule has 0 fully saturated rings. The van der Waals surface area contributed by atoms with Crippen LogP contribution in [0.15, 0.2) is 0 Å². The average molecular weight is 140 g/mol. The van der Waals surface area contributed by atoms with Crippen LogP contribution in [0.25, 0.3) is 0 Å². The molecule has 0 radical (unpaired) electrons. The van der Waals surface area contributed by atoms with Gasteiger partial charge in [-0.2, -0.15) is 0 Å². The van der Waals surface area contributed by atoms with Crippen LogP contribution in [-0.4, -0.2) is 21.9 Å². The highest BCUT2D eigenvalue weighted by Gasteiger charge is 2.15. The molecule has 0 spiro atoms. The van der Waals surface area contributed by atoms with Gasteiger partial charge in [-0.25, -0.2) is 0 Å². The lowest BCUT2D eigenvalue weighted by molar-refractivity contribution is 0.108. The van der Waals surface area contributed by atoms with Gasteiger partial charge in [0.05, 0.1) is 18.8 Å². The van der Waals surface area contributed by atoms with Crippen molar-refractivity contribution >= 4 is 0 Å². The lowest BCUT2D eigenvalue weighted by atomic mass is 10.2. The van der Waals surface area contributed by atoms with Crippen LogP contribution in [0.2, 0.25) is 0 Å². The smallest absolute Gasteiger partial charge is 0.235 e. The number of hydrogen-bond acceptors (Lipinski definition) is 3. The van der Waals surface area contributed by atoms with Crippen molar-refractivity contribution in [2.75, 3.05) is 6.61 Å². The predicted octanol–water partition coefficient (Wildman–Crippen LogP) is 0.188. The van der Waals surface area contributed by atoms with Crippen molar-refractivity contribution in [1.82, 2.24) is 10.2 Å². The maximum Gasteiger partial charge on any atom is 0.235 e. The first-order valence-corrected chi connectivity index (χ1v) is 3.21. The van der Waals surface area contributed by atoms with Crippen molar-refractivity contribution in [3.63, 3.8) is 0 Å². The van der Waals surface area contributed by atoms with Crippen molar-refractivity contribution in [3.05, 3.63) is 11.3 Å². The summed E-state index contributed by atoms with van der Waals surface area (Å²) in [7, 11) is 0. The highest BCUT2D eigenvalue weighted by atomic mass is 16.5. The van der Waals surface area contributed by atoms with E-state index in [1.165, 1.54) is 0 Å². The molecule has 1 aromatic heterocycles. The molecular formula is C6H8N2O2. The predicted molar refractivity (Wildman–Crippen MR) is 33.6 cm³/mol. The van der Waals surface area contributed by atoms with Crippen molar-refractivity contribution in [2.45, 2.75) is 13.0 Å². The van der Waals surface area contributed by atoms with Crippen molar-refractivity contribution in [2.24, 2.45) is 0 Å². The molecule has 2 heterocycles. The zero-order valence-electron chi connectivity index (χ0n) is 5.42. The fourth-order valence-electron chi connectivity index (χ4n) is 1.10. The van der Waals surface area contributed by atoms with Crippen LogP contribution in [-0.2, 0) is 17.8 Å². The number of nitrogens with one attached hydrogen (secondary N) is 1. The standard InChI is InChI=1S/C6H8N2O2/c9-6-4-3-10-2-1-5(4)7-8-6/h1-3H2,(H2,7,8,9). The van der Waals surface area contributed by atoms with Crippen LogP contribution in [0, 0.1) is 0 Å². The molecule has 54 valence electrons. The van der Waals surface area contributed by atoms with Gasteiger partial charge in [0.15, 0.2) is 0 Å². The summed E-state index contributed by atoms with van der Waals surface area (Å²) in [6.07, 6.45) is 0.822. The first-order chi connectivity index (χ1) is 4.88. The van der Waals surface area contributed by atoms with E-state index in [0.29, 0.717) is 13.2 Å². The van der Waals surface area contributed by atoms with Gasteiger partial charge in [-0.05, 0) is 0 Å². The van der Waals surface area contributed by atoms with Crippen LogP contribution in [0.4, 0.5) is 0 Å². The van der Waals surface area contributed by atoms with Gasteiger partial charge < -0.3 is 9.84 Å². The molecule has 0 atom stereocenters. The summed E-state index contributed by atoms with van der Waals surface area (Å²) in [4.78, 5) is 0. The van der Waals surface area contributed by atoms with Crippen LogP contribution in [0.1, 0.15) is 11.3 Å². The third-order valence-electron chi connectivity index (χ3n) is 1.67. The van der Waals surface area contributed by atoms with Gasteiger partial charge in [-0.1, -0.05) is 0 Å². The summed E-state index contributed by atoms with van der Waals surface area (Å²) in [5, 5.41) is 15.5. The molecule has 1 aliphatic rings. The number of fused-ring (bicyclic) bond motifs is 1. The zero-order valence-corrected chi connectivity index (χ0v) is 5.42. The van der Waals surface area contributed by atoms with Crippen LogP contribution >= 0.6 is 0 Å². The zero-order chi connectivity index (χ0) is 6.97. The normalized spacial score (nSPS) is 16.8. The van der Waals surface area contributed by atoms with E-state index < -0.39 is 0 Å². The molecule has 0 unspecified atom stereocenters. The Kier molecular flexibility index (Phi) is 1.14. The van der Waals surface area contributed by atoms with E-state index in [-0.39, 0.29) is 5.88 Å². The Hall–Kier alpha value is -1.03. The monoisotopic (exact) mass is 140 g/mol. The van der Waals surface area contributed by atoms with E-state index in [1.807, 2.05) is 0 Å². The Morgan fingerprint density at radius 3 is 3.30 bits per heavy atom. The highest BCUT2D eigenvalue weighted by Crippen LogP contribution is 2.21. The van der Waals surface area contributed by atoms with Crippen LogP contribution in [0.3, 0.4) is 0 Å². The van der Waals surface area contributed by atoms with E-state index in [0.717, 1.165) is 17.7 Å². The number of ether oxygens (including phenoxy) is 1. The first-order valence-electron chi connectivity index (χ1n) is 3.21. The molecule has 0 aromatic carbocycles. The SMILES string of the molecule is Oc1n[nH]c2c1COCC2. The lowest BCUT2D eigenvalue weighted by Gasteiger charge is -2.09. The minimum absolute atomic E-state index is 0.0784. The van der Waals surface area contributed by atoms with Gasteiger partial charge in [0.25, 0.3) is 0 Å². The Morgan fingerprint density at radius 1 is 1.60 bits per heavy atom. The molecule has 0 saturated heterocycles. The van der Waals surface area contributed by atoms with Crippen molar-refractivity contribution in [1.29, 1.82) is 0 Å². The summed E-state index contributed by atoms with van der Waals surface area (Å²) in [5.41, 5.74) is 1.81. The maximum absolute atomic E-state index is 9.07. The lowest BCUT2D eigenvalue weighted by Crippen LogP contribution is -2.08. The number of nitrogens with zero attached hydrogens (tertiary/aromatic N) is 1. The number of aromatic amines is 1. The molecular weight excluding hydrogens is 132 g/mol. The second kappa shape index (κ2) is 1.98. The van der Waals surface area contributed by atoms with Crippen LogP contribution in [0.5, 0.6) is 5.88 Å². The Morgan fingerprint density at radius 2 is 2.50 bits per heavy atom. The number of H-pyrrole nitrogens is 1. The van der Waals surface area contributed by atoms with Crippen molar-refractivity contribution in [3.8, 4) is 5.88 Å². The summed E-state index contributed by atoms with van der Waals surface area (Å²) in [6, 6.07) is 0. The molecule has 2 N–H and O–H groups in total. The largest absolute Gasteiger partial charge is 0.492 e. The number of aromatic hydroxyl groups is 1. The Labute approximate surface area is 57.8 Å². The summed E-state index contributed by atoms with van der Waals surface area (Å²) in [6.45, 7) is 1.20. The van der Waals surface area contributed by atoms with Crippen LogP contribution < -0.4 is 0 Å². The molecule has 0 saturated carbocycles. The van der Waals surface area contributed by atoms with Gasteiger partial charge in [-0.3, -0.25) is 5.10 Å². The second-order valence-corrected chi connectivity index (χ2v) is 2.31. The Bertz CT molecular complexity index is 244. The topological polar surface area (TPSA) is 58.1 Å². The van der Waals surface area contributed by atoms with Crippen molar-refractivity contribution < 1.29 is 9.84 Å². The van der Waals surface area contributed by atoms with E-state index >= 15 is 0 Å². The van der Waals surface area contributed by atoms with Gasteiger partial charge in [0.1, 0.15) is 0 Å². The molecule has 0 bridgehead atoms. The number of aromatic nitrogens is 2. The molecule has 4 nitrogen and oxygen atoms in total. The Balaban J connectivity index is 2.45. The minimum atomic E-state index is 0.0784. The third-order valence-corrected chi connectivity index (χ3v) is 1.67. The number of hydrogen-bond donors (Lipinski definition) is 2. The van der Waals surface area contributed by atoms with E-state index in [1.54, 1.807) is 0 Å². The van der Waals surface area contributed by atoms with Gasteiger partial charge in [0.2, 0.25) is 5.88 Å². The van der Waals surface area contributed by atoms with E-state index in [4.69, 9.17) is 9.84 Å². The summed E-state index contributed by atoms with van der Waals surface area (Å²) in [5.74, 6) is 0.0784. The second-order valence-electron chi connectivity index (χ2n) is 2.31. The molecule has 0 amide bonds. The highest BCUT2D eigenvalue weighted by molar-refractivity contribution is 5.29. The number of rotatable bonds is 0. The van der Waals surface area contributed by atoms with E-state index in [9.17, 15) is 0 Å². The molecule has 0 aliphatic carbocycles. The first kappa shape index (κ1) is 5.73. The maximum atomic E-state index is 9.07. The fraction of sp³-hybridized carbons (Fsp3) is 0.500. The molecule has 4 heteroatoms. The van der Waals surface area contributed by atoms with Gasteiger partial charge >= 0.3 is 0 Å². The average Bonchev–Trinajstić information content (AvgIpc) is 2.34. The molecule has 2 rings (SSSR count). The minimum Gasteiger partial charge on any atom is -0.492 e. The fourth-order valence-corrected chi connectivity index (χ4v) is 1.10. The summed E-state index contributed by atoms with van der Waals surface area (Å²) >= 11 is 0. The summed E-state index contributed by atoms with van der Waals surface area (Å²) < 4.78 is 5.12. The molecule has 10 heavy (non-hydrogen) atoms. The van der Waals surface area contributed by atoms with E-state index in [2.05, 4.69) is 10.2 Å². The molecule has 1 aliphatic heterocycles. The quantitative estimate of drug-likeness (QED) is 0.540. The third kappa shape index (κ3) is 0.690. The van der Waals surface area contributed by atoms with Gasteiger partial charge in [0, 0.05) is 12.1 Å².